The number of aliphatic carboxylic acids is 1. The Labute approximate surface area is 85.2 Å². The molecule has 2 N–H and O–H groups in total. The van der Waals surface area contributed by atoms with Crippen molar-refractivity contribution in [1.29, 1.82) is 0 Å². The third-order valence-electron chi connectivity index (χ3n) is 2.87. The standard InChI is InChI=1S/C11H19NO2/c1-9-5-2-3-6-10(9)12-8-4-7-11(13)14/h4,7,9-10,12H,2-3,5-6,8H2,1H3,(H,13,14)/b7-4+. The summed E-state index contributed by atoms with van der Waals surface area (Å²) in [5.41, 5.74) is 0. The molecule has 0 radical (unpaired) electrons. The smallest absolute Gasteiger partial charge is 0.328 e. The van der Waals surface area contributed by atoms with Crippen LogP contribution >= 0.6 is 0 Å². The van der Waals surface area contributed by atoms with Crippen molar-refractivity contribution in [3.63, 3.8) is 0 Å². The minimum absolute atomic E-state index is 0.571. The molecule has 3 nitrogen and oxygen atoms in total. The fourth-order valence-corrected chi connectivity index (χ4v) is 2.00. The molecule has 0 heterocycles. The SMILES string of the molecule is CC1CCCCC1NC/C=C/C(=O)O. The number of carbonyl (C=O) groups is 1. The van der Waals surface area contributed by atoms with Crippen molar-refractivity contribution in [3.05, 3.63) is 12.2 Å². The van der Waals surface area contributed by atoms with E-state index in [0.717, 1.165) is 5.92 Å². The zero-order chi connectivity index (χ0) is 10.4. The van der Waals surface area contributed by atoms with Gasteiger partial charge in [0.25, 0.3) is 0 Å². The molecule has 1 saturated carbocycles. The lowest BCUT2D eigenvalue weighted by molar-refractivity contribution is -0.131. The normalized spacial score (nSPS) is 28.1. The van der Waals surface area contributed by atoms with Gasteiger partial charge in [-0.1, -0.05) is 25.8 Å². The molecule has 0 spiro atoms. The number of carboxylic acids is 1. The van der Waals surface area contributed by atoms with Gasteiger partial charge in [-0.3, -0.25) is 0 Å². The van der Waals surface area contributed by atoms with E-state index in [1.54, 1.807) is 6.08 Å². The molecule has 1 rings (SSSR count). The van der Waals surface area contributed by atoms with Crippen molar-refractivity contribution in [2.75, 3.05) is 6.54 Å². The summed E-state index contributed by atoms with van der Waals surface area (Å²) >= 11 is 0. The van der Waals surface area contributed by atoms with Crippen molar-refractivity contribution >= 4 is 5.97 Å². The monoisotopic (exact) mass is 197 g/mol. The average Bonchev–Trinajstić information content (AvgIpc) is 2.15. The maximum atomic E-state index is 10.2. The van der Waals surface area contributed by atoms with E-state index in [9.17, 15) is 4.79 Å². The number of hydrogen-bond acceptors (Lipinski definition) is 2. The lowest BCUT2D eigenvalue weighted by Gasteiger charge is -2.29. The van der Waals surface area contributed by atoms with E-state index >= 15 is 0 Å². The Morgan fingerprint density at radius 1 is 1.50 bits per heavy atom. The molecule has 2 unspecified atom stereocenters. The second-order valence-corrected chi connectivity index (χ2v) is 4.02. The van der Waals surface area contributed by atoms with Gasteiger partial charge in [0.15, 0.2) is 0 Å². The summed E-state index contributed by atoms with van der Waals surface area (Å²) in [7, 11) is 0. The van der Waals surface area contributed by atoms with E-state index in [-0.39, 0.29) is 0 Å². The molecule has 14 heavy (non-hydrogen) atoms. The first kappa shape index (κ1) is 11.2. The van der Waals surface area contributed by atoms with Crippen LogP contribution in [0.1, 0.15) is 32.6 Å². The highest BCUT2D eigenvalue weighted by molar-refractivity contribution is 5.79. The molecule has 1 aliphatic rings. The van der Waals surface area contributed by atoms with Crippen molar-refractivity contribution in [1.82, 2.24) is 5.32 Å². The van der Waals surface area contributed by atoms with E-state index < -0.39 is 5.97 Å². The summed E-state index contributed by atoms with van der Waals surface area (Å²) in [6.45, 7) is 2.93. The highest BCUT2D eigenvalue weighted by atomic mass is 16.4. The first-order valence-electron chi connectivity index (χ1n) is 5.33. The molecule has 0 amide bonds. The van der Waals surface area contributed by atoms with Crippen LogP contribution < -0.4 is 5.32 Å². The first-order valence-corrected chi connectivity index (χ1v) is 5.33. The molecule has 3 heteroatoms. The van der Waals surface area contributed by atoms with Crippen molar-refractivity contribution in [2.24, 2.45) is 5.92 Å². The summed E-state index contributed by atoms with van der Waals surface area (Å²) in [4.78, 5) is 10.2. The summed E-state index contributed by atoms with van der Waals surface area (Å²) in [5, 5.41) is 11.8. The van der Waals surface area contributed by atoms with Crippen molar-refractivity contribution in [3.8, 4) is 0 Å². The number of rotatable bonds is 4. The molecular formula is C11H19NO2. The van der Waals surface area contributed by atoms with Gasteiger partial charge in [-0.2, -0.15) is 0 Å². The Hall–Kier alpha value is -0.830. The molecule has 0 aromatic rings. The highest BCUT2D eigenvalue weighted by Crippen LogP contribution is 2.23. The van der Waals surface area contributed by atoms with E-state index in [4.69, 9.17) is 5.11 Å². The van der Waals surface area contributed by atoms with Crippen LogP contribution in [0.15, 0.2) is 12.2 Å². The topological polar surface area (TPSA) is 49.3 Å². The van der Waals surface area contributed by atoms with Gasteiger partial charge < -0.3 is 10.4 Å². The Morgan fingerprint density at radius 3 is 2.86 bits per heavy atom. The Kier molecular flexibility index (Phi) is 4.66. The highest BCUT2D eigenvalue weighted by Gasteiger charge is 2.19. The number of nitrogens with one attached hydrogen (secondary N) is 1. The third kappa shape index (κ3) is 3.92. The van der Waals surface area contributed by atoms with Gasteiger partial charge in [-0.05, 0) is 18.8 Å². The van der Waals surface area contributed by atoms with Crippen LogP contribution in [-0.4, -0.2) is 23.7 Å². The minimum Gasteiger partial charge on any atom is -0.478 e. The average molecular weight is 197 g/mol. The minimum atomic E-state index is -0.872. The zero-order valence-corrected chi connectivity index (χ0v) is 8.70. The first-order chi connectivity index (χ1) is 6.70. The molecule has 0 saturated heterocycles. The van der Waals surface area contributed by atoms with Gasteiger partial charge in [0.2, 0.25) is 0 Å². The quantitative estimate of drug-likeness (QED) is 0.676. The summed E-state index contributed by atoms with van der Waals surface area (Å²) < 4.78 is 0. The van der Waals surface area contributed by atoms with Gasteiger partial charge in [0.05, 0.1) is 0 Å². The fourth-order valence-electron chi connectivity index (χ4n) is 2.00. The predicted molar refractivity (Wildman–Crippen MR) is 56.2 cm³/mol. The lowest BCUT2D eigenvalue weighted by atomic mass is 9.86. The van der Waals surface area contributed by atoms with E-state index in [0.29, 0.717) is 12.6 Å². The van der Waals surface area contributed by atoms with Crippen LogP contribution in [0, 0.1) is 5.92 Å². The molecule has 1 aliphatic carbocycles. The Balaban J connectivity index is 2.19. The fraction of sp³-hybridized carbons (Fsp3) is 0.727. The van der Waals surface area contributed by atoms with Gasteiger partial charge >= 0.3 is 5.97 Å². The Morgan fingerprint density at radius 2 is 2.21 bits per heavy atom. The molecule has 80 valence electrons. The molecule has 2 atom stereocenters. The van der Waals surface area contributed by atoms with Crippen LogP contribution in [0.3, 0.4) is 0 Å². The molecule has 0 aromatic carbocycles. The van der Waals surface area contributed by atoms with E-state index in [2.05, 4.69) is 12.2 Å². The molecular weight excluding hydrogens is 178 g/mol. The van der Waals surface area contributed by atoms with Gasteiger partial charge in [0, 0.05) is 18.7 Å². The van der Waals surface area contributed by atoms with Crippen molar-refractivity contribution < 1.29 is 9.90 Å². The zero-order valence-electron chi connectivity index (χ0n) is 8.70. The largest absolute Gasteiger partial charge is 0.478 e. The summed E-state index contributed by atoms with van der Waals surface area (Å²) in [6, 6.07) is 0.571. The van der Waals surface area contributed by atoms with E-state index in [1.807, 2.05) is 0 Å². The van der Waals surface area contributed by atoms with Crippen molar-refractivity contribution in [2.45, 2.75) is 38.6 Å². The number of carboxylic acid groups (broad SMARTS) is 1. The molecule has 1 fully saturated rings. The summed E-state index contributed by atoms with van der Waals surface area (Å²) in [6.07, 6.45) is 8.02. The van der Waals surface area contributed by atoms with Crippen LogP contribution in [-0.2, 0) is 4.79 Å². The van der Waals surface area contributed by atoms with Crippen LogP contribution in [0.2, 0.25) is 0 Å². The number of hydrogen-bond donors (Lipinski definition) is 2. The lowest BCUT2D eigenvalue weighted by Crippen LogP contribution is -2.37. The maximum absolute atomic E-state index is 10.2. The maximum Gasteiger partial charge on any atom is 0.328 e. The van der Waals surface area contributed by atoms with Gasteiger partial charge in [-0.25, -0.2) is 4.79 Å². The molecule has 0 bridgehead atoms. The predicted octanol–water partition coefficient (Wildman–Crippen LogP) is 1.80. The molecule has 0 aliphatic heterocycles. The second-order valence-electron chi connectivity index (χ2n) is 4.02. The van der Waals surface area contributed by atoms with Crippen LogP contribution in [0.5, 0.6) is 0 Å². The second kappa shape index (κ2) is 5.81. The Bertz CT molecular complexity index is 213. The van der Waals surface area contributed by atoms with Crippen LogP contribution in [0.25, 0.3) is 0 Å². The summed E-state index contributed by atoms with van der Waals surface area (Å²) in [5.74, 6) is -0.148. The van der Waals surface area contributed by atoms with Gasteiger partial charge in [0.1, 0.15) is 0 Å². The molecule has 0 aromatic heterocycles. The third-order valence-corrected chi connectivity index (χ3v) is 2.87. The van der Waals surface area contributed by atoms with Crippen LogP contribution in [0.4, 0.5) is 0 Å². The van der Waals surface area contributed by atoms with E-state index in [1.165, 1.54) is 31.8 Å². The van der Waals surface area contributed by atoms with Gasteiger partial charge in [-0.15, -0.1) is 0 Å².